The van der Waals surface area contributed by atoms with E-state index in [-0.39, 0.29) is 5.84 Å². The summed E-state index contributed by atoms with van der Waals surface area (Å²) in [5.41, 5.74) is 7.33. The van der Waals surface area contributed by atoms with E-state index in [9.17, 15) is 0 Å². The minimum Gasteiger partial charge on any atom is -0.409 e. The normalized spacial score (nSPS) is 11.3. The number of hydrogen-bond acceptors (Lipinski definition) is 5. The smallest absolute Gasteiger partial charge is 0.171 e. The third-order valence-electron chi connectivity index (χ3n) is 3.03. The number of likely N-dealkylation sites (N-methyl/N-ethyl adjacent to an activating group) is 1. The first-order valence-electron chi connectivity index (χ1n) is 6.24. The number of pyridine rings is 2. The predicted molar refractivity (Wildman–Crippen MR) is 78.0 cm³/mol. The van der Waals surface area contributed by atoms with E-state index < -0.39 is 0 Å². The standard InChI is InChI=1S/C14H17N5O/c1-19(9-6-11-4-7-16-8-5-11)13-3-2-12(10-17-13)14(15)18-20/h2-5,7-8,10,20H,6,9H2,1H3,(H2,15,18). The second kappa shape index (κ2) is 6.51. The van der Waals surface area contributed by atoms with Gasteiger partial charge in [0.1, 0.15) is 5.82 Å². The lowest BCUT2D eigenvalue weighted by Crippen LogP contribution is -2.22. The van der Waals surface area contributed by atoms with E-state index in [0.29, 0.717) is 5.56 Å². The highest BCUT2D eigenvalue weighted by Gasteiger charge is 2.05. The fourth-order valence-corrected chi connectivity index (χ4v) is 1.78. The van der Waals surface area contributed by atoms with Gasteiger partial charge in [-0.3, -0.25) is 4.98 Å². The van der Waals surface area contributed by atoms with Gasteiger partial charge in [-0.25, -0.2) is 4.98 Å². The fourth-order valence-electron chi connectivity index (χ4n) is 1.78. The van der Waals surface area contributed by atoms with Crippen LogP contribution in [0.15, 0.2) is 48.0 Å². The molecule has 0 saturated carbocycles. The maximum atomic E-state index is 8.60. The number of amidine groups is 1. The van der Waals surface area contributed by atoms with Crippen molar-refractivity contribution in [1.29, 1.82) is 0 Å². The molecule has 0 aliphatic carbocycles. The van der Waals surface area contributed by atoms with Crippen LogP contribution in [0.5, 0.6) is 0 Å². The van der Waals surface area contributed by atoms with Gasteiger partial charge in [0.05, 0.1) is 0 Å². The Morgan fingerprint density at radius 1 is 1.30 bits per heavy atom. The van der Waals surface area contributed by atoms with Crippen LogP contribution in [-0.4, -0.2) is 34.6 Å². The summed E-state index contributed by atoms with van der Waals surface area (Å²) in [4.78, 5) is 10.3. The van der Waals surface area contributed by atoms with E-state index in [0.717, 1.165) is 18.8 Å². The van der Waals surface area contributed by atoms with Crippen LogP contribution in [0.25, 0.3) is 0 Å². The van der Waals surface area contributed by atoms with Crippen LogP contribution in [0.2, 0.25) is 0 Å². The van der Waals surface area contributed by atoms with Crippen LogP contribution in [0.4, 0.5) is 5.82 Å². The van der Waals surface area contributed by atoms with Crippen molar-refractivity contribution in [2.45, 2.75) is 6.42 Å². The Morgan fingerprint density at radius 2 is 2.05 bits per heavy atom. The fraction of sp³-hybridized carbons (Fsp3) is 0.214. The van der Waals surface area contributed by atoms with Crippen LogP contribution >= 0.6 is 0 Å². The Morgan fingerprint density at radius 3 is 2.65 bits per heavy atom. The first kappa shape index (κ1) is 13.8. The lowest BCUT2D eigenvalue weighted by molar-refractivity contribution is 0.318. The highest BCUT2D eigenvalue weighted by Crippen LogP contribution is 2.10. The maximum absolute atomic E-state index is 8.60. The van der Waals surface area contributed by atoms with Crippen LogP contribution in [0.3, 0.4) is 0 Å². The van der Waals surface area contributed by atoms with Crippen molar-refractivity contribution in [2.75, 3.05) is 18.5 Å². The minimum atomic E-state index is 0.0588. The zero-order valence-electron chi connectivity index (χ0n) is 11.3. The molecule has 0 aromatic carbocycles. The first-order valence-corrected chi connectivity index (χ1v) is 6.24. The third kappa shape index (κ3) is 3.44. The molecule has 20 heavy (non-hydrogen) atoms. The molecule has 0 saturated heterocycles. The molecule has 104 valence electrons. The number of nitrogens with zero attached hydrogens (tertiary/aromatic N) is 4. The Bertz CT molecular complexity index is 568. The van der Waals surface area contributed by atoms with Gasteiger partial charge in [-0.1, -0.05) is 5.16 Å². The third-order valence-corrected chi connectivity index (χ3v) is 3.03. The highest BCUT2D eigenvalue weighted by atomic mass is 16.4. The quantitative estimate of drug-likeness (QED) is 0.370. The molecule has 0 atom stereocenters. The molecule has 0 unspecified atom stereocenters. The summed E-state index contributed by atoms with van der Waals surface area (Å²) in [7, 11) is 1.98. The second-order valence-electron chi connectivity index (χ2n) is 4.42. The van der Waals surface area contributed by atoms with Gasteiger partial charge in [0, 0.05) is 37.7 Å². The van der Waals surface area contributed by atoms with Gasteiger partial charge in [-0.2, -0.15) is 0 Å². The minimum absolute atomic E-state index is 0.0588. The van der Waals surface area contributed by atoms with Crippen molar-refractivity contribution in [3.05, 3.63) is 54.0 Å². The molecule has 0 aliphatic rings. The van der Waals surface area contributed by atoms with Gasteiger partial charge >= 0.3 is 0 Å². The van der Waals surface area contributed by atoms with Crippen molar-refractivity contribution in [1.82, 2.24) is 9.97 Å². The van der Waals surface area contributed by atoms with E-state index in [4.69, 9.17) is 10.9 Å². The average Bonchev–Trinajstić information content (AvgIpc) is 2.53. The lowest BCUT2D eigenvalue weighted by atomic mass is 10.2. The van der Waals surface area contributed by atoms with E-state index >= 15 is 0 Å². The van der Waals surface area contributed by atoms with Gasteiger partial charge < -0.3 is 15.8 Å². The Hall–Kier alpha value is -2.63. The number of hydrogen-bond donors (Lipinski definition) is 2. The Balaban J connectivity index is 1.97. The molecular formula is C14H17N5O. The number of rotatable bonds is 5. The summed E-state index contributed by atoms with van der Waals surface area (Å²) in [6.45, 7) is 0.847. The number of nitrogens with two attached hydrogens (primary N) is 1. The first-order chi connectivity index (χ1) is 9.70. The molecule has 0 amide bonds. The molecular weight excluding hydrogens is 254 g/mol. The van der Waals surface area contributed by atoms with Gasteiger partial charge in [0.25, 0.3) is 0 Å². The monoisotopic (exact) mass is 271 g/mol. The topological polar surface area (TPSA) is 87.6 Å². The largest absolute Gasteiger partial charge is 0.409 e. The molecule has 0 radical (unpaired) electrons. The van der Waals surface area contributed by atoms with Crippen LogP contribution in [0.1, 0.15) is 11.1 Å². The van der Waals surface area contributed by atoms with Crippen molar-refractivity contribution < 1.29 is 5.21 Å². The SMILES string of the molecule is CN(CCc1ccncc1)c1ccc(C(N)=NO)cn1. The zero-order valence-corrected chi connectivity index (χ0v) is 11.3. The molecule has 0 fully saturated rings. The van der Waals surface area contributed by atoms with E-state index in [1.54, 1.807) is 24.7 Å². The molecule has 6 nitrogen and oxygen atoms in total. The van der Waals surface area contributed by atoms with E-state index in [1.807, 2.05) is 25.2 Å². The van der Waals surface area contributed by atoms with Gasteiger partial charge in [-0.05, 0) is 36.2 Å². The summed E-state index contributed by atoms with van der Waals surface area (Å²) >= 11 is 0. The van der Waals surface area contributed by atoms with Crippen molar-refractivity contribution in [3.63, 3.8) is 0 Å². The maximum Gasteiger partial charge on any atom is 0.171 e. The van der Waals surface area contributed by atoms with Crippen LogP contribution in [-0.2, 0) is 6.42 Å². The molecule has 2 aromatic rings. The van der Waals surface area contributed by atoms with Gasteiger partial charge in [0.15, 0.2) is 5.84 Å². The summed E-state index contributed by atoms with van der Waals surface area (Å²) in [6.07, 6.45) is 6.09. The summed E-state index contributed by atoms with van der Waals surface area (Å²) < 4.78 is 0. The van der Waals surface area contributed by atoms with Crippen molar-refractivity contribution in [2.24, 2.45) is 10.9 Å². The zero-order chi connectivity index (χ0) is 14.4. The molecule has 2 heterocycles. The molecule has 2 rings (SSSR count). The number of oxime groups is 1. The summed E-state index contributed by atoms with van der Waals surface area (Å²) in [6, 6.07) is 7.63. The molecule has 0 spiro atoms. The molecule has 6 heteroatoms. The Labute approximate surface area is 117 Å². The van der Waals surface area contributed by atoms with Crippen molar-refractivity contribution >= 4 is 11.7 Å². The van der Waals surface area contributed by atoms with Crippen molar-refractivity contribution in [3.8, 4) is 0 Å². The molecule has 0 bridgehead atoms. The van der Waals surface area contributed by atoms with E-state index in [1.165, 1.54) is 5.56 Å². The molecule has 3 N–H and O–H groups in total. The van der Waals surface area contributed by atoms with Gasteiger partial charge in [-0.15, -0.1) is 0 Å². The second-order valence-corrected chi connectivity index (χ2v) is 4.42. The molecule has 2 aromatic heterocycles. The summed E-state index contributed by atoms with van der Waals surface area (Å²) in [5.74, 6) is 0.900. The predicted octanol–water partition coefficient (Wildman–Crippen LogP) is 1.25. The van der Waals surface area contributed by atoms with Crippen LogP contribution in [0, 0.1) is 0 Å². The summed E-state index contributed by atoms with van der Waals surface area (Å²) in [5, 5.41) is 11.5. The average molecular weight is 271 g/mol. The van der Waals surface area contributed by atoms with Crippen LogP contribution < -0.4 is 10.6 Å². The Kier molecular flexibility index (Phi) is 4.49. The molecule has 0 aliphatic heterocycles. The van der Waals surface area contributed by atoms with E-state index in [2.05, 4.69) is 20.0 Å². The number of anilines is 1. The highest BCUT2D eigenvalue weighted by molar-refractivity contribution is 5.96. The lowest BCUT2D eigenvalue weighted by Gasteiger charge is -2.18. The number of aromatic nitrogens is 2. The van der Waals surface area contributed by atoms with Gasteiger partial charge in [0.2, 0.25) is 0 Å².